The van der Waals surface area contributed by atoms with E-state index >= 15 is 0 Å². The van der Waals surface area contributed by atoms with Crippen molar-refractivity contribution in [3.05, 3.63) is 6.92 Å². The molecule has 0 spiro atoms. The number of unbranched alkanes of at least 4 members (excludes halogenated alkanes) is 12. The summed E-state index contributed by atoms with van der Waals surface area (Å²) >= 11 is 0. The molecule has 0 bridgehead atoms. The van der Waals surface area contributed by atoms with Crippen molar-refractivity contribution in [3.8, 4) is 0 Å². The minimum absolute atomic E-state index is 0.0967. The van der Waals surface area contributed by atoms with Gasteiger partial charge < -0.3 is 10.4 Å². The summed E-state index contributed by atoms with van der Waals surface area (Å²) in [5.41, 5.74) is 0. The van der Waals surface area contributed by atoms with Crippen LogP contribution in [0.5, 0.6) is 0 Å². The highest BCUT2D eigenvalue weighted by molar-refractivity contribution is 5.76. The van der Waals surface area contributed by atoms with Gasteiger partial charge in [0.15, 0.2) is 0 Å². The van der Waals surface area contributed by atoms with E-state index in [9.17, 15) is 4.79 Å². The molecular weight excluding hydrogens is 262 g/mol. The van der Waals surface area contributed by atoms with E-state index in [0.717, 1.165) is 12.8 Å². The first kappa shape index (κ1) is 20.4. The summed E-state index contributed by atoms with van der Waals surface area (Å²) in [5.74, 6) is -0.0967. The third-order valence-corrected chi connectivity index (χ3v) is 3.83. The van der Waals surface area contributed by atoms with Gasteiger partial charge in [-0.2, -0.15) is 0 Å². The Bertz CT molecular complexity index is 229. The second-order valence-corrected chi connectivity index (χ2v) is 6.08. The molecule has 1 unspecified atom stereocenters. The number of carbonyl (C=O) groups excluding carboxylic acids is 1. The van der Waals surface area contributed by atoms with Gasteiger partial charge in [0.25, 0.3) is 0 Å². The SMILES string of the molecule is [CH2]C(O)NC(=O)CCCCCCCCCCCCCCC. The molecule has 0 aromatic carbocycles. The molecule has 0 heterocycles. The average Bonchev–Trinajstić information content (AvgIpc) is 2.43. The van der Waals surface area contributed by atoms with Crippen LogP contribution in [0.15, 0.2) is 0 Å². The van der Waals surface area contributed by atoms with Gasteiger partial charge in [-0.15, -0.1) is 0 Å². The van der Waals surface area contributed by atoms with E-state index in [1.54, 1.807) is 0 Å². The summed E-state index contributed by atoms with van der Waals surface area (Å²) in [5, 5.41) is 11.3. The van der Waals surface area contributed by atoms with Crippen molar-refractivity contribution in [3.63, 3.8) is 0 Å². The first-order valence-electron chi connectivity index (χ1n) is 8.97. The molecule has 0 aliphatic heterocycles. The van der Waals surface area contributed by atoms with Crippen molar-refractivity contribution >= 4 is 5.91 Å². The van der Waals surface area contributed by atoms with Crippen molar-refractivity contribution < 1.29 is 9.90 Å². The predicted octanol–water partition coefficient (Wildman–Crippen LogP) is 4.74. The van der Waals surface area contributed by atoms with Crippen LogP contribution in [0.2, 0.25) is 0 Å². The Hall–Kier alpha value is -0.570. The van der Waals surface area contributed by atoms with E-state index in [1.807, 2.05) is 0 Å². The van der Waals surface area contributed by atoms with E-state index < -0.39 is 6.23 Å². The van der Waals surface area contributed by atoms with Crippen LogP contribution in [0.3, 0.4) is 0 Å². The van der Waals surface area contributed by atoms with E-state index in [4.69, 9.17) is 5.11 Å². The van der Waals surface area contributed by atoms with Crippen LogP contribution in [0.25, 0.3) is 0 Å². The molecule has 1 radical (unpaired) electrons. The van der Waals surface area contributed by atoms with Gasteiger partial charge in [0, 0.05) is 6.42 Å². The quantitative estimate of drug-likeness (QED) is 0.339. The molecule has 2 N–H and O–H groups in total. The zero-order valence-electron chi connectivity index (χ0n) is 14.0. The Morgan fingerprint density at radius 1 is 0.857 bits per heavy atom. The molecule has 0 aromatic heterocycles. The topological polar surface area (TPSA) is 49.3 Å². The number of hydrogen-bond donors (Lipinski definition) is 2. The number of aliphatic hydroxyl groups is 1. The smallest absolute Gasteiger partial charge is 0.221 e. The van der Waals surface area contributed by atoms with Crippen LogP contribution in [0.1, 0.15) is 96.8 Å². The van der Waals surface area contributed by atoms with Crippen molar-refractivity contribution in [2.24, 2.45) is 0 Å². The highest BCUT2D eigenvalue weighted by Crippen LogP contribution is 2.12. The fourth-order valence-electron chi connectivity index (χ4n) is 2.56. The van der Waals surface area contributed by atoms with Crippen molar-refractivity contribution in [1.29, 1.82) is 0 Å². The van der Waals surface area contributed by atoms with Crippen LogP contribution in [0, 0.1) is 6.92 Å². The lowest BCUT2D eigenvalue weighted by Gasteiger charge is -2.07. The predicted molar refractivity (Wildman–Crippen MR) is 89.8 cm³/mol. The number of aliphatic hydroxyl groups excluding tert-OH is 1. The summed E-state index contributed by atoms with van der Waals surface area (Å²) in [6, 6.07) is 0. The lowest BCUT2D eigenvalue weighted by atomic mass is 10.0. The van der Waals surface area contributed by atoms with Gasteiger partial charge >= 0.3 is 0 Å². The molecule has 3 nitrogen and oxygen atoms in total. The van der Waals surface area contributed by atoms with Crippen molar-refractivity contribution in [2.45, 2.75) is 103 Å². The minimum Gasteiger partial charge on any atom is -0.374 e. The van der Waals surface area contributed by atoms with Gasteiger partial charge in [-0.05, 0) is 13.3 Å². The zero-order valence-corrected chi connectivity index (χ0v) is 14.0. The summed E-state index contributed by atoms with van der Waals surface area (Å²) in [6.07, 6.45) is 16.5. The molecule has 125 valence electrons. The van der Waals surface area contributed by atoms with Gasteiger partial charge in [-0.3, -0.25) is 4.79 Å². The van der Waals surface area contributed by atoms with Crippen LogP contribution in [0.4, 0.5) is 0 Å². The third kappa shape index (κ3) is 17.4. The molecule has 0 saturated heterocycles. The molecule has 1 amide bonds. The Kier molecular flexibility index (Phi) is 15.4. The molecule has 0 saturated carbocycles. The molecular formula is C18H36NO2. The summed E-state index contributed by atoms with van der Waals surface area (Å²) in [6.45, 7) is 5.58. The highest BCUT2D eigenvalue weighted by Gasteiger charge is 2.03. The molecule has 0 aliphatic carbocycles. The monoisotopic (exact) mass is 298 g/mol. The van der Waals surface area contributed by atoms with Crippen LogP contribution >= 0.6 is 0 Å². The first-order chi connectivity index (χ1) is 10.2. The van der Waals surface area contributed by atoms with Crippen LogP contribution in [-0.2, 0) is 4.79 Å². The maximum Gasteiger partial charge on any atom is 0.221 e. The lowest BCUT2D eigenvalue weighted by molar-refractivity contribution is -0.123. The largest absolute Gasteiger partial charge is 0.374 e. The number of amides is 1. The fourth-order valence-corrected chi connectivity index (χ4v) is 2.56. The van der Waals surface area contributed by atoms with Crippen LogP contribution in [-0.4, -0.2) is 17.2 Å². The van der Waals surface area contributed by atoms with Gasteiger partial charge in [0.05, 0.1) is 0 Å². The molecule has 0 aromatic rings. The average molecular weight is 298 g/mol. The molecule has 0 fully saturated rings. The zero-order chi connectivity index (χ0) is 15.8. The van der Waals surface area contributed by atoms with Gasteiger partial charge in [0.2, 0.25) is 5.91 Å². The maximum absolute atomic E-state index is 11.2. The van der Waals surface area contributed by atoms with E-state index in [0.29, 0.717) is 6.42 Å². The Labute approximate surface area is 131 Å². The summed E-state index contributed by atoms with van der Waals surface area (Å²) in [4.78, 5) is 11.2. The van der Waals surface area contributed by atoms with Crippen molar-refractivity contribution in [2.75, 3.05) is 0 Å². The normalized spacial score (nSPS) is 12.3. The molecule has 0 rings (SSSR count). The van der Waals surface area contributed by atoms with E-state index in [-0.39, 0.29) is 5.91 Å². The van der Waals surface area contributed by atoms with Crippen molar-refractivity contribution in [1.82, 2.24) is 5.32 Å². The molecule has 1 atom stereocenters. The lowest BCUT2D eigenvalue weighted by Crippen LogP contribution is -2.31. The highest BCUT2D eigenvalue weighted by atomic mass is 16.3. The Morgan fingerprint density at radius 2 is 1.24 bits per heavy atom. The van der Waals surface area contributed by atoms with Gasteiger partial charge in [-0.1, -0.05) is 84.0 Å². The summed E-state index contributed by atoms with van der Waals surface area (Å²) < 4.78 is 0. The van der Waals surface area contributed by atoms with E-state index in [1.165, 1.54) is 70.6 Å². The third-order valence-electron chi connectivity index (χ3n) is 3.83. The van der Waals surface area contributed by atoms with Crippen LogP contribution < -0.4 is 5.32 Å². The Balaban J connectivity index is 3.07. The fraction of sp³-hybridized carbons (Fsp3) is 0.889. The maximum atomic E-state index is 11.2. The number of rotatable bonds is 15. The number of carbonyl (C=O) groups is 1. The Morgan fingerprint density at radius 3 is 1.62 bits per heavy atom. The number of nitrogens with one attached hydrogen (secondary N) is 1. The second kappa shape index (κ2) is 15.8. The van der Waals surface area contributed by atoms with Gasteiger partial charge in [-0.25, -0.2) is 0 Å². The summed E-state index contributed by atoms with van der Waals surface area (Å²) in [7, 11) is 0. The standard InChI is InChI=1S/C18H36NO2/c1-3-4-5-6-7-8-9-10-11-12-13-14-15-16-18(21)19-17(2)20/h17,20H,2-16H2,1H3,(H,19,21). The minimum atomic E-state index is -0.973. The molecule has 3 heteroatoms. The molecule has 21 heavy (non-hydrogen) atoms. The van der Waals surface area contributed by atoms with E-state index in [2.05, 4.69) is 19.2 Å². The second-order valence-electron chi connectivity index (χ2n) is 6.08. The molecule has 0 aliphatic rings. The first-order valence-corrected chi connectivity index (χ1v) is 8.97. The number of hydrogen-bond acceptors (Lipinski definition) is 2. The van der Waals surface area contributed by atoms with Gasteiger partial charge in [0.1, 0.15) is 6.23 Å².